The lowest BCUT2D eigenvalue weighted by atomic mass is 10.2. The fraction of sp³-hybridized carbons (Fsp3) is 0.150. The van der Waals surface area contributed by atoms with E-state index in [1.807, 2.05) is 0 Å². The molecule has 1 heterocycles. The minimum Gasteiger partial charge on any atom is -0.467 e. The maximum absolute atomic E-state index is 13.0. The topological polar surface area (TPSA) is 76.8 Å². The zero-order chi connectivity index (χ0) is 20.1. The van der Waals surface area contributed by atoms with Crippen LogP contribution in [0.2, 0.25) is 0 Å². The summed E-state index contributed by atoms with van der Waals surface area (Å²) in [4.78, 5) is 13.3. The van der Waals surface area contributed by atoms with Crippen LogP contribution in [-0.4, -0.2) is 19.2 Å². The number of hydrogen-bond donors (Lipinski definition) is 0. The van der Waals surface area contributed by atoms with Crippen molar-refractivity contribution in [3.05, 3.63) is 84.1 Å². The average Bonchev–Trinajstić information content (AvgIpc) is 3.16. The highest BCUT2D eigenvalue weighted by atomic mass is 32.2. The average molecular weight is 403 g/mol. The molecule has 1 aromatic heterocycles. The number of carbonyl (C=O) groups excluding carboxylic acids is 1. The van der Waals surface area contributed by atoms with Crippen molar-refractivity contribution in [2.45, 2.75) is 24.9 Å². The van der Waals surface area contributed by atoms with Gasteiger partial charge < -0.3 is 13.5 Å². The van der Waals surface area contributed by atoms with E-state index in [0.717, 1.165) is 29.8 Å². The summed E-state index contributed by atoms with van der Waals surface area (Å²) >= 11 is 0. The summed E-state index contributed by atoms with van der Waals surface area (Å²) < 4.78 is 47.8. The summed E-state index contributed by atoms with van der Waals surface area (Å²) in [6, 6.07) is 14.3. The van der Waals surface area contributed by atoms with Crippen LogP contribution in [-0.2, 0) is 28.0 Å². The van der Waals surface area contributed by atoms with Crippen LogP contribution in [0.15, 0.2) is 76.2 Å². The van der Waals surface area contributed by atoms with Crippen LogP contribution >= 0.6 is 0 Å². The first-order valence-electron chi connectivity index (χ1n) is 8.40. The number of nitrogens with zero attached hydrogens (tertiary/aromatic N) is 1. The molecule has 0 bridgehead atoms. The second kappa shape index (κ2) is 8.26. The summed E-state index contributed by atoms with van der Waals surface area (Å²) in [5, 5.41) is 0. The molecular weight excluding hydrogens is 385 g/mol. The molecule has 0 unspecified atom stereocenters. The standard InChI is InChI=1S/C20H18FNO5S/c1-15(23)22(14-19-3-2-12-26-19)13-16-4-8-18(9-5-16)27-28(24,25)20-10-6-17(21)7-11-20/h2-12H,13-14H2,1H3. The number of benzene rings is 2. The monoisotopic (exact) mass is 403 g/mol. The Morgan fingerprint density at radius 2 is 1.71 bits per heavy atom. The Morgan fingerprint density at radius 1 is 1.04 bits per heavy atom. The Labute approximate surface area is 162 Å². The van der Waals surface area contributed by atoms with Crippen LogP contribution in [0.25, 0.3) is 0 Å². The Kier molecular flexibility index (Phi) is 5.79. The summed E-state index contributed by atoms with van der Waals surface area (Å²) in [5.41, 5.74) is 0.799. The van der Waals surface area contributed by atoms with Gasteiger partial charge in [-0.25, -0.2) is 4.39 Å². The predicted molar refractivity (Wildman–Crippen MR) is 99.3 cm³/mol. The van der Waals surface area contributed by atoms with Gasteiger partial charge in [0.2, 0.25) is 5.91 Å². The SMILES string of the molecule is CC(=O)N(Cc1ccc(OS(=O)(=O)c2ccc(F)cc2)cc1)Cc1ccco1. The first-order chi connectivity index (χ1) is 13.3. The molecule has 3 rings (SSSR count). The van der Waals surface area contributed by atoms with E-state index < -0.39 is 15.9 Å². The lowest BCUT2D eigenvalue weighted by molar-refractivity contribution is -0.130. The van der Waals surface area contributed by atoms with E-state index in [1.165, 1.54) is 19.1 Å². The fourth-order valence-electron chi connectivity index (χ4n) is 2.52. The molecule has 0 saturated carbocycles. The molecule has 0 spiro atoms. The van der Waals surface area contributed by atoms with Gasteiger partial charge in [0.25, 0.3) is 0 Å². The fourth-order valence-corrected chi connectivity index (χ4v) is 3.45. The highest BCUT2D eigenvalue weighted by Crippen LogP contribution is 2.20. The normalized spacial score (nSPS) is 11.2. The highest BCUT2D eigenvalue weighted by molar-refractivity contribution is 7.87. The lowest BCUT2D eigenvalue weighted by Crippen LogP contribution is -2.27. The van der Waals surface area contributed by atoms with E-state index in [4.69, 9.17) is 8.60 Å². The molecule has 1 amide bonds. The van der Waals surface area contributed by atoms with Gasteiger partial charge in [-0.3, -0.25) is 4.79 Å². The molecule has 28 heavy (non-hydrogen) atoms. The van der Waals surface area contributed by atoms with Crippen LogP contribution in [0.3, 0.4) is 0 Å². The number of halogens is 1. The number of carbonyl (C=O) groups is 1. The van der Waals surface area contributed by atoms with Crippen LogP contribution in [0.4, 0.5) is 4.39 Å². The third-order valence-corrected chi connectivity index (χ3v) is 5.24. The number of hydrogen-bond acceptors (Lipinski definition) is 5. The Balaban J connectivity index is 1.68. The second-order valence-corrected chi connectivity index (χ2v) is 7.64. The van der Waals surface area contributed by atoms with Crippen LogP contribution in [0.5, 0.6) is 5.75 Å². The van der Waals surface area contributed by atoms with Crippen molar-refractivity contribution in [2.24, 2.45) is 0 Å². The van der Waals surface area contributed by atoms with Crippen molar-refractivity contribution in [1.29, 1.82) is 0 Å². The van der Waals surface area contributed by atoms with Gasteiger partial charge >= 0.3 is 10.1 Å². The van der Waals surface area contributed by atoms with Gasteiger partial charge in [0.15, 0.2) is 0 Å². The molecular formula is C20H18FNO5S. The molecule has 0 aliphatic heterocycles. The zero-order valence-corrected chi connectivity index (χ0v) is 15.9. The van der Waals surface area contributed by atoms with Gasteiger partial charge in [0, 0.05) is 13.5 Å². The summed E-state index contributed by atoms with van der Waals surface area (Å²) in [5.74, 6) is 0.137. The molecule has 0 aliphatic carbocycles. The van der Waals surface area contributed by atoms with Gasteiger partial charge in [-0.05, 0) is 54.1 Å². The molecule has 0 atom stereocenters. The smallest absolute Gasteiger partial charge is 0.339 e. The second-order valence-electron chi connectivity index (χ2n) is 6.09. The molecule has 6 nitrogen and oxygen atoms in total. The molecule has 8 heteroatoms. The van der Waals surface area contributed by atoms with Crippen LogP contribution in [0, 0.1) is 5.82 Å². The van der Waals surface area contributed by atoms with Gasteiger partial charge in [0.05, 0.1) is 12.8 Å². The minimum absolute atomic E-state index is 0.115. The summed E-state index contributed by atoms with van der Waals surface area (Å²) in [6.07, 6.45) is 1.54. The van der Waals surface area contributed by atoms with Crippen LogP contribution in [0.1, 0.15) is 18.2 Å². The molecule has 0 N–H and O–H groups in total. The van der Waals surface area contributed by atoms with Crippen molar-refractivity contribution >= 4 is 16.0 Å². The van der Waals surface area contributed by atoms with Crippen molar-refractivity contribution in [2.75, 3.05) is 0 Å². The van der Waals surface area contributed by atoms with E-state index in [1.54, 1.807) is 35.4 Å². The molecule has 3 aromatic rings. The van der Waals surface area contributed by atoms with Crippen molar-refractivity contribution in [1.82, 2.24) is 4.90 Å². The largest absolute Gasteiger partial charge is 0.467 e. The van der Waals surface area contributed by atoms with E-state index >= 15 is 0 Å². The summed E-state index contributed by atoms with van der Waals surface area (Å²) in [7, 11) is -4.06. The first-order valence-corrected chi connectivity index (χ1v) is 9.81. The lowest BCUT2D eigenvalue weighted by Gasteiger charge is -2.20. The van der Waals surface area contributed by atoms with E-state index in [9.17, 15) is 17.6 Å². The molecule has 2 aromatic carbocycles. The van der Waals surface area contributed by atoms with Gasteiger partial charge in [0.1, 0.15) is 22.2 Å². The van der Waals surface area contributed by atoms with Crippen molar-refractivity contribution in [3.8, 4) is 5.75 Å². The number of amides is 1. The van der Waals surface area contributed by atoms with Crippen molar-refractivity contribution < 1.29 is 26.2 Å². The van der Waals surface area contributed by atoms with E-state index in [-0.39, 0.29) is 16.6 Å². The molecule has 146 valence electrons. The molecule has 0 aliphatic rings. The molecule has 0 radical (unpaired) electrons. The quantitative estimate of drug-likeness (QED) is 0.562. The van der Waals surface area contributed by atoms with Crippen molar-refractivity contribution in [3.63, 3.8) is 0 Å². The highest BCUT2D eigenvalue weighted by Gasteiger charge is 2.17. The predicted octanol–water partition coefficient (Wildman–Crippen LogP) is 3.74. The maximum atomic E-state index is 13.0. The minimum atomic E-state index is -4.06. The van der Waals surface area contributed by atoms with E-state index in [0.29, 0.717) is 18.8 Å². The van der Waals surface area contributed by atoms with Crippen LogP contribution < -0.4 is 4.18 Å². The van der Waals surface area contributed by atoms with Gasteiger partial charge in [-0.2, -0.15) is 8.42 Å². The maximum Gasteiger partial charge on any atom is 0.339 e. The Hall–Kier alpha value is -3.13. The number of rotatable bonds is 7. The third kappa shape index (κ3) is 4.98. The van der Waals surface area contributed by atoms with Gasteiger partial charge in [-0.15, -0.1) is 0 Å². The Morgan fingerprint density at radius 3 is 2.29 bits per heavy atom. The first kappa shape index (κ1) is 19.6. The summed E-state index contributed by atoms with van der Waals surface area (Å²) in [6.45, 7) is 2.14. The van der Waals surface area contributed by atoms with E-state index in [2.05, 4.69) is 0 Å². The number of furan rings is 1. The zero-order valence-electron chi connectivity index (χ0n) is 15.0. The molecule has 0 saturated heterocycles. The molecule has 0 fully saturated rings. The third-order valence-electron chi connectivity index (χ3n) is 3.98. The Bertz CT molecular complexity index is 1030. The van der Waals surface area contributed by atoms with Gasteiger partial charge in [-0.1, -0.05) is 12.1 Å².